The van der Waals surface area contributed by atoms with Crippen molar-refractivity contribution in [3.63, 3.8) is 0 Å². The summed E-state index contributed by atoms with van der Waals surface area (Å²) in [6.07, 6.45) is 3.24. The Kier molecular flexibility index (Phi) is 7.99. The summed E-state index contributed by atoms with van der Waals surface area (Å²) in [5, 5.41) is 2.63. The first kappa shape index (κ1) is 22.4. The molecule has 0 radical (unpaired) electrons. The van der Waals surface area contributed by atoms with Crippen LogP contribution < -0.4 is 5.32 Å². The second kappa shape index (κ2) is 10.7. The van der Waals surface area contributed by atoms with E-state index >= 15 is 0 Å². The van der Waals surface area contributed by atoms with Gasteiger partial charge in [0.25, 0.3) is 0 Å². The highest BCUT2D eigenvalue weighted by molar-refractivity contribution is 9.10. The Labute approximate surface area is 184 Å². The molecule has 30 heavy (non-hydrogen) atoms. The first-order valence-electron chi connectivity index (χ1n) is 9.97. The molecule has 0 atom stereocenters. The van der Waals surface area contributed by atoms with E-state index in [1.54, 1.807) is 0 Å². The molecule has 0 aromatic heterocycles. The van der Waals surface area contributed by atoms with E-state index in [1.807, 2.05) is 30.3 Å². The Balaban J connectivity index is 1.49. The second-order valence-corrected chi connectivity index (χ2v) is 8.37. The van der Waals surface area contributed by atoms with Gasteiger partial charge in [0.1, 0.15) is 5.82 Å². The molecule has 2 aromatic rings. The van der Waals surface area contributed by atoms with Crippen LogP contribution >= 0.6 is 15.9 Å². The third-order valence-electron chi connectivity index (χ3n) is 5.40. The summed E-state index contributed by atoms with van der Waals surface area (Å²) >= 11 is 3.14. The average Bonchev–Trinajstić information content (AvgIpc) is 2.76. The number of esters is 1. The van der Waals surface area contributed by atoms with Crippen molar-refractivity contribution < 1.29 is 23.5 Å². The van der Waals surface area contributed by atoms with Crippen molar-refractivity contribution in [1.82, 2.24) is 0 Å². The van der Waals surface area contributed by atoms with Crippen molar-refractivity contribution in [1.29, 1.82) is 0 Å². The third-order valence-corrected chi connectivity index (χ3v) is 6.06. The minimum Gasteiger partial charge on any atom is -0.465 e. The Hall–Kier alpha value is -2.25. The summed E-state index contributed by atoms with van der Waals surface area (Å²) < 4.78 is 25.0. The van der Waals surface area contributed by atoms with Gasteiger partial charge in [0, 0.05) is 17.0 Å². The van der Waals surface area contributed by atoms with E-state index in [2.05, 4.69) is 26.0 Å². The lowest BCUT2D eigenvalue weighted by Gasteiger charge is -2.27. The predicted molar refractivity (Wildman–Crippen MR) is 116 cm³/mol. The van der Waals surface area contributed by atoms with Crippen LogP contribution in [0.1, 0.15) is 41.6 Å². The summed E-state index contributed by atoms with van der Waals surface area (Å²) in [5.74, 6) is -1.19. The lowest BCUT2D eigenvalue weighted by molar-refractivity contribution is -0.121. The predicted octanol–water partition coefficient (Wildman–Crippen LogP) is 5.34. The van der Waals surface area contributed by atoms with Crippen LogP contribution in [0, 0.1) is 17.7 Å². The minimum atomic E-state index is -0.606. The fourth-order valence-electron chi connectivity index (χ4n) is 3.65. The Morgan fingerprint density at radius 3 is 2.50 bits per heavy atom. The first-order valence-corrected chi connectivity index (χ1v) is 10.8. The number of rotatable bonds is 7. The number of nitrogens with one attached hydrogen (secondary N) is 1. The quantitative estimate of drug-likeness (QED) is 0.546. The maximum atomic E-state index is 14.3. The molecule has 5 nitrogen and oxygen atoms in total. The number of carbonyl (C=O) groups excluding carboxylic acids is 2. The molecule has 1 aliphatic carbocycles. The summed E-state index contributed by atoms with van der Waals surface area (Å²) in [5.41, 5.74) is 1.29. The number of benzene rings is 2. The SMILES string of the molecule is COC(=O)c1cc(NC(=O)C2CCC(COCc3ccccc3)CC2)c(F)cc1Br. The van der Waals surface area contributed by atoms with E-state index in [-0.39, 0.29) is 27.5 Å². The number of carbonyl (C=O) groups is 2. The van der Waals surface area contributed by atoms with Crippen molar-refractivity contribution in [3.8, 4) is 0 Å². The van der Waals surface area contributed by atoms with Crippen LogP contribution in [0.3, 0.4) is 0 Å². The molecular formula is C23H25BrFNO4. The highest BCUT2D eigenvalue weighted by Gasteiger charge is 2.27. The topological polar surface area (TPSA) is 64.6 Å². The van der Waals surface area contributed by atoms with E-state index < -0.39 is 11.8 Å². The molecule has 1 fully saturated rings. The molecule has 7 heteroatoms. The van der Waals surface area contributed by atoms with Crippen molar-refractivity contribution >= 4 is 33.5 Å². The number of anilines is 1. The number of amides is 1. The van der Waals surface area contributed by atoms with Crippen molar-refractivity contribution in [3.05, 3.63) is 63.9 Å². The molecule has 0 bridgehead atoms. The standard InChI is InChI=1S/C23H25BrFNO4/c1-29-23(28)18-11-21(20(25)12-19(18)24)26-22(27)17-9-7-16(8-10-17)14-30-13-15-5-3-2-4-6-15/h2-6,11-12,16-17H,7-10,13-14H2,1H3,(H,26,27). The molecule has 1 N–H and O–H groups in total. The van der Waals surface area contributed by atoms with Gasteiger partial charge in [0.05, 0.1) is 25.0 Å². The molecule has 0 unspecified atom stereocenters. The average molecular weight is 478 g/mol. The van der Waals surface area contributed by atoms with Gasteiger partial charge in [0.2, 0.25) is 5.91 Å². The van der Waals surface area contributed by atoms with E-state index in [0.29, 0.717) is 19.1 Å². The van der Waals surface area contributed by atoms with Crippen LogP contribution in [-0.4, -0.2) is 25.6 Å². The Morgan fingerprint density at radius 1 is 1.13 bits per heavy atom. The summed E-state index contributed by atoms with van der Waals surface area (Å²) in [7, 11) is 1.25. The molecule has 0 saturated heterocycles. The highest BCUT2D eigenvalue weighted by Crippen LogP contribution is 2.31. The van der Waals surface area contributed by atoms with Gasteiger partial charge in [-0.15, -0.1) is 0 Å². The van der Waals surface area contributed by atoms with Crippen LogP contribution in [0.4, 0.5) is 10.1 Å². The second-order valence-electron chi connectivity index (χ2n) is 7.51. The molecule has 1 aliphatic rings. The third kappa shape index (κ3) is 5.89. The normalized spacial score (nSPS) is 18.6. The van der Waals surface area contributed by atoms with Gasteiger partial charge in [-0.05, 0) is 65.2 Å². The van der Waals surface area contributed by atoms with Crippen LogP contribution in [0.2, 0.25) is 0 Å². The largest absolute Gasteiger partial charge is 0.465 e. The lowest BCUT2D eigenvalue weighted by atomic mass is 9.82. The molecular weight excluding hydrogens is 453 g/mol. The van der Waals surface area contributed by atoms with Crippen LogP contribution in [0.5, 0.6) is 0 Å². The number of halogens is 2. The van der Waals surface area contributed by atoms with Crippen molar-refractivity contribution in [2.75, 3.05) is 19.0 Å². The fraction of sp³-hybridized carbons (Fsp3) is 0.391. The van der Waals surface area contributed by atoms with Gasteiger partial charge in [0.15, 0.2) is 0 Å². The highest BCUT2D eigenvalue weighted by atomic mass is 79.9. The fourth-order valence-corrected chi connectivity index (χ4v) is 4.13. The number of methoxy groups -OCH3 is 1. The summed E-state index contributed by atoms with van der Waals surface area (Å²) in [6, 6.07) is 12.5. The molecule has 0 aliphatic heterocycles. The van der Waals surface area contributed by atoms with E-state index in [1.165, 1.54) is 13.2 Å². The van der Waals surface area contributed by atoms with Gasteiger partial charge in [-0.1, -0.05) is 30.3 Å². The van der Waals surface area contributed by atoms with Gasteiger partial charge in [-0.2, -0.15) is 0 Å². The Morgan fingerprint density at radius 2 is 1.83 bits per heavy atom. The van der Waals surface area contributed by atoms with Crippen LogP contribution in [0.25, 0.3) is 0 Å². The molecule has 0 spiro atoms. The minimum absolute atomic E-state index is 0.0167. The summed E-state index contributed by atoms with van der Waals surface area (Å²) in [6.45, 7) is 1.26. The number of hydrogen-bond acceptors (Lipinski definition) is 4. The maximum absolute atomic E-state index is 14.3. The van der Waals surface area contributed by atoms with E-state index in [4.69, 9.17) is 4.74 Å². The molecule has 1 saturated carbocycles. The van der Waals surface area contributed by atoms with Gasteiger partial charge in [-0.25, -0.2) is 9.18 Å². The van der Waals surface area contributed by atoms with Crippen LogP contribution in [-0.2, 0) is 20.9 Å². The zero-order valence-corrected chi connectivity index (χ0v) is 18.4. The van der Waals surface area contributed by atoms with Crippen LogP contribution in [0.15, 0.2) is 46.9 Å². The van der Waals surface area contributed by atoms with Gasteiger partial charge >= 0.3 is 5.97 Å². The van der Waals surface area contributed by atoms with Crippen molar-refractivity contribution in [2.45, 2.75) is 32.3 Å². The summed E-state index contributed by atoms with van der Waals surface area (Å²) in [4.78, 5) is 24.4. The number of hydrogen-bond donors (Lipinski definition) is 1. The first-order chi connectivity index (χ1) is 14.5. The Bertz CT molecular complexity index is 882. The molecule has 160 valence electrons. The molecule has 2 aromatic carbocycles. The maximum Gasteiger partial charge on any atom is 0.339 e. The zero-order chi connectivity index (χ0) is 21.5. The number of ether oxygens (including phenoxy) is 2. The smallest absolute Gasteiger partial charge is 0.339 e. The van der Waals surface area contributed by atoms with Crippen molar-refractivity contribution in [2.24, 2.45) is 11.8 Å². The van der Waals surface area contributed by atoms with E-state index in [9.17, 15) is 14.0 Å². The molecule has 1 amide bonds. The van der Waals surface area contributed by atoms with Gasteiger partial charge in [-0.3, -0.25) is 4.79 Å². The zero-order valence-electron chi connectivity index (χ0n) is 16.8. The molecule has 3 rings (SSSR count). The van der Waals surface area contributed by atoms with E-state index in [0.717, 1.165) is 37.3 Å². The molecule has 0 heterocycles. The van der Waals surface area contributed by atoms with Gasteiger partial charge < -0.3 is 14.8 Å². The lowest BCUT2D eigenvalue weighted by Crippen LogP contribution is -2.28. The monoisotopic (exact) mass is 477 g/mol.